The van der Waals surface area contributed by atoms with Crippen LogP contribution < -0.4 is 5.32 Å². The lowest BCUT2D eigenvalue weighted by atomic mass is 10.1. The van der Waals surface area contributed by atoms with Gasteiger partial charge in [-0.25, -0.2) is 0 Å². The molecule has 3 rings (SSSR count). The van der Waals surface area contributed by atoms with Crippen LogP contribution in [0, 0.1) is 0 Å². The minimum absolute atomic E-state index is 0.579. The minimum atomic E-state index is 0.579. The summed E-state index contributed by atoms with van der Waals surface area (Å²) >= 11 is 1.96. The molecule has 0 saturated heterocycles. The summed E-state index contributed by atoms with van der Waals surface area (Å²) in [5.41, 5.74) is 2.79. The van der Waals surface area contributed by atoms with Gasteiger partial charge >= 0.3 is 0 Å². The number of para-hydroxylation sites is 1. The minimum Gasteiger partial charge on any atom is -0.381 e. The van der Waals surface area contributed by atoms with Gasteiger partial charge in [-0.1, -0.05) is 25.1 Å². The van der Waals surface area contributed by atoms with E-state index in [4.69, 9.17) is 0 Å². The van der Waals surface area contributed by atoms with E-state index in [0.717, 1.165) is 19.3 Å². The van der Waals surface area contributed by atoms with E-state index in [9.17, 15) is 0 Å². The average Bonchev–Trinajstić information content (AvgIpc) is 2.94. The van der Waals surface area contributed by atoms with Crippen molar-refractivity contribution >= 4 is 17.0 Å². The second-order valence-electron chi connectivity index (χ2n) is 4.63. The molecule has 1 N–H and O–H groups in total. The second kappa shape index (κ2) is 4.53. The Morgan fingerprint density at radius 3 is 2.76 bits per heavy atom. The van der Waals surface area contributed by atoms with Gasteiger partial charge in [-0.05, 0) is 36.6 Å². The zero-order chi connectivity index (χ0) is 11.7. The van der Waals surface area contributed by atoms with Gasteiger partial charge in [0.2, 0.25) is 0 Å². The summed E-state index contributed by atoms with van der Waals surface area (Å²) in [7, 11) is 0. The molecule has 1 nitrogen and oxygen atoms in total. The maximum absolute atomic E-state index is 3.62. The highest BCUT2D eigenvalue weighted by Gasteiger charge is 2.20. The topological polar surface area (TPSA) is 12.0 Å². The van der Waals surface area contributed by atoms with Crippen LogP contribution in [0.3, 0.4) is 0 Å². The maximum Gasteiger partial charge on any atom is 0.0375 e. The first kappa shape index (κ1) is 10.8. The number of hydrogen-bond donors (Lipinski definition) is 1. The van der Waals surface area contributed by atoms with Crippen molar-refractivity contribution in [1.82, 2.24) is 0 Å². The Labute approximate surface area is 106 Å². The van der Waals surface area contributed by atoms with Gasteiger partial charge in [0.15, 0.2) is 0 Å². The Hall–Kier alpha value is -1.28. The molecule has 1 atom stereocenters. The molecule has 88 valence electrons. The summed E-state index contributed by atoms with van der Waals surface area (Å²) in [5, 5.41) is 3.62. The van der Waals surface area contributed by atoms with Crippen LogP contribution in [0.2, 0.25) is 0 Å². The van der Waals surface area contributed by atoms with E-state index in [0.29, 0.717) is 6.04 Å². The van der Waals surface area contributed by atoms with Gasteiger partial charge in [-0.15, -0.1) is 11.3 Å². The van der Waals surface area contributed by atoms with Crippen molar-refractivity contribution in [1.29, 1.82) is 0 Å². The molecule has 0 saturated carbocycles. The summed E-state index contributed by atoms with van der Waals surface area (Å²) in [6, 6.07) is 13.8. The molecule has 0 radical (unpaired) electrons. The van der Waals surface area contributed by atoms with Gasteiger partial charge < -0.3 is 5.32 Å². The molecule has 0 bridgehead atoms. The van der Waals surface area contributed by atoms with Crippen LogP contribution >= 0.6 is 11.3 Å². The first-order chi connectivity index (χ1) is 8.35. The van der Waals surface area contributed by atoms with Gasteiger partial charge in [-0.3, -0.25) is 0 Å². The fourth-order valence-electron chi connectivity index (χ4n) is 2.46. The van der Waals surface area contributed by atoms with Crippen molar-refractivity contribution in [2.24, 2.45) is 0 Å². The number of anilines is 1. The lowest BCUT2D eigenvalue weighted by Crippen LogP contribution is -2.17. The first-order valence-corrected chi connectivity index (χ1v) is 7.09. The van der Waals surface area contributed by atoms with E-state index in [-0.39, 0.29) is 0 Å². The van der Waals surface area contributed by atoms with Gasteiger partial charge in [0.25, 0.3) is 0 Å². The monoisotopic (exact) mass is 243 g/mol. The van der Waals surface area contributed by atoms with E-state index >= 15 is 0 Å². The number of fused-ring (bicyclic) bond motifs is 1. The summed E-state index contributed by atoms with van der Waals surface area (Å²) in [5.74, 6) is 0. The van der Waals surface area contributed by atoms with E-state index < -0.39 is 0 Å². The number of hydrogen-bond acceptors (Lipinski definition) is 2. The molecule has 2 heterocycles. The SMILES string of the molecule is CCc1ccc(CC2Cc3ccccc3N2)s1. The lowest BCUT2D eigenvalue weighted by molar-refractivity contribution is 0.755. The largest absolute Gasteiger partial charge is 0.381 e. The highest BCUT2D eigenvalue weighted by Crippen LogP contribution is 2.28. The predicted molar refractivity (Wildman–Crippen MR) is 75.0 cm³/mol. The van der Waals surface area contributed by atoms with Gasteiger partial charge in [0.05, 0.1) is 0 Å². The smallest absolute Gasteiger partial charge is 0.0375 e. The van der Waals surface area contributed by atoms with Crippen LogP contribution in [0.15, 0.2) is 36.4 Å². The Morgan fingerprint density at radius 1 is 1.18 bits per heavy atom. The molecule has 0 aliphatic carbocycles. The number of rotatable bonds is 3. The number of nitrogens with one attached hydrogen (secondary N) is 1. The van der Waals surface area contributed by atoms with Crippen molar-refractivity contribution in [2.45, 2.75) is 32.2 Å². The maximum atomic E-state index is 3.62. The standard InChI is InChI=1S/C15H17NS/c1-2-13-7-8-14(17-13)10-12-9-11-5-3-4-6-15(11)16-12/h3-8,12,16H,2,9-10H2,1H3. The molecule has 0 amide bonds. The summed E-state index contributed by atoms with van der Waals surface area (Å²) in [6.07, 6.45) is 3.47. The third-order valence-corrected chi connectivity index (χ3v) is 4.61. The molecule has 17 heavy (non-hydrogen) atoms. The molecule has 2 aromatic rings. The zero-order valence-corrected chi connectivity index (χ0v) is 10.9. The van der Waals surface area contributed by atoms with Gasteiger partial charge in [0, 0.05) is 27.9 Å². The molecule has 2 heteroatoms. The molecule has 0 spiro atoms. The summed E-state index contributed by atoms with van der Waals surface area (Å²) in [4.78, 5) is 3.00. The Balaban J connectivity index is 1.69. The van der Waals surface area contributed by atoms with Crippen molar-refractivity contribution in [3.05, 3.63) is 51.7 Å². The highest BCUT2D eigenvalue weighted by atomic mass is 32.1. The van der Waals surface area contributed by atoms with Crippen molar-refractivity contribution < 1.29 is 0 Å². The normalized spacial score (nSPS) is 17.8. The van der Waals surface area contributed by atoms with E-state index in [1.54, 1.807) is 0 Å². The van der Waals surface area contributed by atoms with Gasteiger partial charge in [-0.2, -0.15) is 0 Å². The van der Waals surface area contributed by atoms with Crippen molar-refractivity contribution in [3.63, 3.8) is 0 Å². The van der Waals surface area contributed by atoms with Crippen LogP contribution in [-0.4, -0.2) is 6.04 Å². The highest BCUT2D eigenvalue weighted by molar-refractivity contribution is 7.11. The third kappa shape index (κ3) is 2.22. The second-order valence-corrected chi connectivity index (χ2v) is 5.88. The average molecular weight is 243 g/mol. The number of aryl methyl sites for hydroxylation is 1. The Morgan fingerprint density at radius 2 is 2.00 bits per heavy atom. The number of thiophene rings is 1. The van der Waals surface area contributed by atoms with E-state index in [1.807, 2.05) is 11.3 Å². The lowest BCUT2D eigenvalue weighted by Gasteiger charge is -2.09. The molecule has 1 aliphatic rings. The first-order valence-electron chi connectivity index (χ1n) is 6.27. The summed E-state index contributed by atoms with van der Waals surface area (Å²) in [6.45, 7) is 2.22. The molecule has 1 aliphatic heterocycles. The van der Waals surface area contributed by atoms with Crippen LogP contribution in [0.5, 0.6) is 0 Å². The number of benzene rings is 1. The molecular formula is C15H17NS. The van der Waals surface area contributed by atoms with Gasteiger partial charge in [0.1, 0.15) is 0 Å². The van der Waals surface area contributed by atoms with Crippen LogP contribution in [0.4, 0.5) is 5.69 Å². The van der Waals surface area contributed by atoms with Crippen molar-refractivity contribution in [2.75, 3.05) is 5.32 Å². The fourth-order valence-corrected chi connectivity index (χ4v) is 3.50. The molecule has 1 aromatic carbocycles. The zero-order valence-electron chi connectivity index (χ0n) is 10.1. The summed E-state index contributed by atoms with van der Waals surface area (Å²) < 4.78 is 0. The molecular weight excluding hydrogens is 226 g/mol. The predicted octanol–water partition coefficient (Wildman–Crippen LogP) is 3.89. The van der Waals surface area contributed by atoms with Crippen LogP contribution in [-0.2, 0) is 19.3 Å². The third-order valence-electron chi connectivity index (χ3n) is 3.36. The van der Waals surface area contributed by atoms with Crippen LogP contribution in [0.25, 0.3) is 0 Å². The molecule has 0 fully saturated rings. The fraction of sp³-hybridized carbons (Fsp3) is 0.333. The molecule has 1 unspecified atom stereocenters. The Kier molecular flexibility index (Phi) is 2.89. The quantitative estimate of drug-likeness (QED) is 0.862. The van der Waals surface area contributed by atoms with Crippen LogP contribution in [0.1, 0.15) is 22.2 Å². The van der Waals surface area contributed by atoms with Crippen molar-refractivity contribution in [3.8, 4) is 0 Å². The van der Waals surface area contributed by atoms with E-state index in [1.165, 1.54) is 21.0 Å². The Bertz CT molecular complexity index is 490. The molecule has 1 aromatic heterocycles. The van der Waals surface area contributed by atoms with E-state index in [2.05, 4.69) is 48.6 Å².